The number of nitrogens with zero attached hydrogens (tertiary/aromatic N) is 1. The van der Waals surface area contributed by atoms with E-state index in [-0.39, 0.29) is 11.4 Å². The maximum absolute atomic E-state index is 11.0. The fraction of sp³-hybridized carbons (Fsp3) is 0.600. The Labute approximate surface area is 119 Å². The second kappa shape index (κ2) is 6.59. The van der Waals surface area contributed by atoms with Gasteiger partial charge in [0.25, 0.3) is 5.69 Å². The summed E-state index contributed by atoms with van der Waals surface area (Å²) in [5.41, 5.74) is 0.451. The van der Waals surface area contributed by atoms with Crippen LogP contribution in [0.5, 0.6) is 5.75 Å². The van der Waals surface area contributed by atoms with Crippen LogP contribution in [0.25, 0.3) is 0 Å². The molecule has 110 valence electrons. The van der Waals surface area contributed by atoms with Gasteiger partial charge >= 0.3 is 0 Å². The lowest BCUT2D eigenvalue weighted by atomic mass is 9.83. The summed E-state index contributed by atoms with van der Waals surface area (Å²) in [4.78, 5) is 10.6. The summed E-state index contributed by atoms with van der Waals surface area (Å²) in [6.45, 7) is 2.21. The van der Waals surface area contributed by atoms with Crippen molar-refractivity contribution in [3.63, 3.8) is 0 Å². The number of hydrogen-bond acceptors (Lipinski definition) is 4. The zero-order valence-corrected chi connectivity index (χ0v) is 11.8. The Morgan fingerprint density at radius 3 is 2.65 bits per heavy atom. The number of aromatic hydroxyl groups is 1. The summed E-state index contributed by atoms with van der Waals surface area (Å²) in [6, 6.07) is 4.57. The van der Waals surface area contributed by atoms with Crippen molar-refractivity contribution in [2.24, 2.45) is 5.92 Å². The summed E-state index contributed by atoms with van der Waals surface area (Å²) >= 11 is 0. The summed E-state index contributed by atoms with van der Waals surface area (Å²) in [6.07, 6.45) is 7.01. The number of nitrogens with one attached hydrogen (secondary N) is 1. The van der Waals surface area contributed by atoms with E-state index in [1.54, 1.807) is 6.07 Å². The third kappa shape index (κ3) is 3.62. The van der Waals surface area contributed by atoms with Crippen molar-refractivity contribution in [2.75, 3.05) is 5.32 Å². The van der Waals surface area contributed by atoms with E-state index in [1.807, 2.05) is 0 Å². The van der Waals surface area contributed by atoms with E-state index in [4.69, 9.17) is 0 Å². The molecule has 1 saturated carbocycles. The zero-order chi connectivity index (χ0) is 14.5. The molecule has 20 heavy (non-hydrogen) atoms. The monoisotopic (exact) mass is 278 g/mol. The first-order valence-electron chi connectivity index (χ1n) is 7.34. The second-order valence-electron chi connectivity index (χ2n) is 5.61. The molecule has 1 aromatic rings. The normalized spacial score (nSPS) is 22.4. The molecule has 0 amide bonds. The number of nitro groups is 1. The minimum atomic E-state index is -0.454. The molecule has 0 saturated heterocycles. The lowest BCUT2D eigenvalue weighted by Gasteiger charge is -2.29. The van der Waals surface area contributed by atoms with E-state index in [0.717, 1.165) is 18.8 Å². The highest BCUT2D eigenvalue weighted by atomic mass is 16.6. The maximum atomic E-state index is 11.0. The van der Waals surface area contributed by atoms with Crippen LogP contribution in [0.1, 0.15) is 45.4 Å². The standard InChI is InChI=1S/C15H22N2O3/c1-2-3-11-4-6-12(7-5-11)16-14-9-8-13(18)10-15(14)17(19)20/h8-12,16,18H,2-7H2,1H3. The van der Waals surface area contributed by atoms with E-state index in [0.29, 0.717) is 11.7 Å². The van der Waals surface area contributed by atoms with E-state index >= 15 is 0 Å². The van der Waals surface area contributed by atoms with Crippen LogP contribution in [0, 0.1) is 16.0 Å². The molecule has 0 atom stereocenters. The summed E-state index contributed by atoms with van der Waals surface area (Å²) in [5, 5.41) is 23.6. The number of phenolic OH excluding ortho intramolecular Hbond substituents is 1. The number of anilines is 1. The van der Waals surface area contributed by atoms with Crippen molar-refractivity contribution in [1.29, 1.82) is 0 Å². The molecule has 0 bridgehead atoms. The van der Waals surface area contributed by atoms with Crippen LogP contribution in [0.3, 0.4) is 0 Å². The Morgan fingerprint density at radius 1 is 1.35 bits per heavy atom. The van der Waals surface area contributed by atoms with Gasteiger partial charge in [-0.25, -0.2) is 0 Å². The molecule has 1 aromatic carbocycles. The highest BCUT2D eigenvalue weighted by molar-refractivity contribution is 5.64. The number of nitro benzene ring substituents is 1. The van der Waals surface area contributed by atoms with Crippen molar-refractivity contribution in [3.05, 3.63) is 28.3 Å². The Hall–Kier alpha value is -1.78. The van der Waals surface area contributed by atoms with Crippen LogP contribution in [0.4, 0.5) is 11.4 Å². The Balaban J connectivity index is 1.99. The second-order valence-corrected chi connectivity index (χ2v) is 5.61. The average Bonchev–Trinajstić information content (AvgIpc) is 2.43. The SMILES string of the molecule is CCCC1CCC(Nc2ccc(O)cc2[N+](=O)[O-])CC1. The first-order chi connectivity index (χ1) is 9.60. The molecule has 1 aliphatic carbocycles. The van der Waals surface area contributed by atoms with Gasteiger partial charge in [0.05, 0.1) is 11.0 Å². The van der Waals surface area contributed by atoms with Crippen molar-refractivity contribution >= 4 is 11.4 Å². The lowest BCUT2D eigenvalue weighted by molar-refractivity contribution is -0.384. The summed E-state index contributed by atoms with van der Waals surface area (Å²) < 4.78 is 0. The van der Waals surface area contributed by atoms with Crippen molar-refractivity contribution in [1.82, 2.24) is 0 Å². The molecule has 1 aliphatic rings. The highest BCUT2D eigenvalue weighted by Gasteiger charge is 2.23. The lowest BCUT2D eigenvalue weighted by Crippen LogP contribution is -2.26. The van der Waals surface area contributed by atoms with Gasteiger partial charge in [-0.1, -0.05) is 19.8 Å². The maximum Gasteiger partial charge on any atom is 0.296 e. The van der Waals surface area contributed by atoms with Gasteiger partial charge in [-0.15, -0.1) is 0 Å². The molecule has 1 fully saturated rings. The van der Waals surface area contributed by atoms with Crippen LogP contribution in [0.2, 0.25) is 0 Å². The van der Waals surface area contributed by atoms with E-state index in [1.165, 1.54) is 37.8 Å². The highest BCUT2D eigenvalue weighted by Crippen LogP contribution is 2.33. The number of benzene rings is 1. The molecule has 2 rings (SSSR count). The molecule has 0 aromatic heterocycles. The molecule has 2 N–H and O–H groups in total. The van der Waals surface area contributed by atoms with Gasteiger partial charge in [0, 0.05) is 6.04 Å². The quantitative estimate of drug-likeness (QED) is 0.483. The number of rotatable bonds is 5. The molecule has 5 nitrogen and oxygen atoms in total. The third-order valence-electron chi connectivity index (χ3n) is 4.08. The molecule has 0 radical (unpaired) electrons. The average molecular weight is 278 g/mol. The predicted octanol–water partition coefficient (Wildman–Crippen LogP) is 4.07. The van der Waals surface area contributed by atoms with Gasteiger partial charge in [-0.05, 0) is 43.7 Å². The Kier molecular flexibility index (Phi) is 4.82. The summed E-state index contributed by atoms with van der Waals surface area (Å²) in [7, 11) is 0. The van der Waals surface area contributed by atoms with Gasteiger partial charge in [0.15, 0.2) is 0 Å². The largest absolute Gasteiger partial charge is 0.508 e. The Bertz CT molecular complexity index is 468. The zero-order valence-electron chi connectivity index (χ0n) is 11.8. The molecule has 0 aliphatic heterocycles. The van der Waals surface area contributed by atoms with Gasteiger partial charge in [0.2, 0.25) is 0 Å². The fourth-order valence-corrected chi connectivity index (χ4v) is 3.02. The van der Waals surface area contributed by atoms with E-state index in [2.05, 4.69) is 12.2 Å². The molecule has 5 heteroatoms. The minimum absolute atomic E-state index is 0.0549. The van der Waals surface area contributed by atoms with Crippen LogP contribution < -0.4 is 5.32 Å². The molecule has 0 spiro atoms. The number of hydrogen-bond donors (Lipinski definition) is 2. The Morgan fingerprint density at radius 2 is 2.05 bits per heavy atom. The van der Waals surface area contributed by atoms with Gasteiger partial charge < -0.3 is 10.4 Å². The third-order valence-corrected chi connectivity index (χ3v) is 4.08. The summed E-state index contributed by atoms with van der Waals surface area (Å²) in [5.74, 6) is 0.738. The van der Waals surface area contributed by atoms with Crippen LogP contribution in [0.15, 0.2) is 18.2 Å². The first-order valence-corrected chi connectivity index (χ1v) is 7.34. The van der Waals surface area contributed by atoms with Crippen LogP contribution in [-0.2, 0) is 0 Å². The molecular weight excluding hydrogens is 256 g/mol. The minimum Gasteiger partial charge on any atom is -0.508 e. The predicted molar refractivity (Wildman–Crippen MR) is 79.0 cm³/mol. The van der Waals surface area contributed by atoms with Gasteiger partial charge in [0.1, 0.15) is 11.4 Å². The smallest absolute Gasteiger partial charge is 0.296 e. The molecular formula is C15H22N2O3. The molecule has 0 unspecified atom stereocenters. The molecule has 0 heterocycles. The fourth-order valence-electron chi connectivity index (χ4n) is 3.02. The number of phenols is 1. The van der Waals surface area contributed by atoms with Gasteiger partial charge in [-0.3, -0.25) is 10.1 Å². The van der Waals surface area contributed by atoms with Crippen LogP contribution >= 0.6 is 0 Å². The van der Waals surface area contributed by atoms with E-state index < -0.39 is 4.92 Å². The first kappa shape index (κ1) is 14.6. The van der Waals surface area contributed by atoms with Crippen LogP contribution in [-0.4, -0.2) is 16.1 Å². The van der Waals surface area contributed by atoms with Gasteiger partial charge in [-0.2, -0.15) is 0 Å². The van der Waals surface area contributed by atoms with Crippen molar-refractivity contribution < 1.29 is 10.0 Å². The van der Waals surface area contributed by atoms with Crippen molar-refractivity contribution in [2.45, 2.75) is 51.5 Å². The van der Waals surface area contributed by atoms with E-state index in [9.17, 15) is 15.2 Å². The van der Waals surface area contributed by atoms with Crippen molar-refractivity contribution in [3.8, 4) is 5.75 Å². The topological polar surface area (TPSA) is 75.4 Å².